The molecule has 0 radical (unpaired) electrons. The first-order valence-corrected chi connectivity index (χ1v) is 6.19. The fraction of sp³-hybridized carbons (Fsp3) is 0.538. The van der Waals surface area contributed by atoms with Crippen LogP contribution in [0.2, 0.25) is 0 Å². The summed E-state index contributed by atoms with van der Waals surface area (Å²) in [6.07, 6.45) is 2.36. The van der Waals surface area contributed by atoms with Gasteiger partial charge in [0, 0.05) is 12.6 Å². The van der Waals surface area contributed by atoms with Crippen molar-refractivity contribution in [1.29, 1.82) is 0 Å². The SMILES string of the molecule is CCCC(C)N(C)Cc1cccc(B(O)O)c1. The average molecular weight is 235 g/mol. The molecule has 0 bridgehead atoms. The van der Waals surface area contributed by atoms with Crippen molar-refractivity contribution >= 4 is 12.6 Å². The van der Waals surface area contributed by atoms with Crippen LogP contribution in [0.1, 0.15) is 32.3 Å². The Morgan fingerprint density at radius 1 is 1.35 bits per heavy atom. The second kappa shape index (κ2) is 6.79. The van der Waals surface area contributed by atoms with Gasteiger partial charge in [0.25, 0.3) is 0 Å². The van der Waals surface area contributed by atoms with Crippen molar-refractivity contribution in [2.75, 3.05) is 7.05 Å². The second-order valence-electron chi connectivity index (χ2n) is 4.67. The summed E-state index contributed by atoms with van der Waals surface area (Å²) in [6, 6.07) is 8.00. The molecule has 2 N–H and O–H groups in total. The van der Waals surface area contributed by atoms with Crippen LogP contribution in [0.3, 0.4) is 0 Å². The van der Waals surface area contributed by atoms with E-state index in [1.54, 1.807) is 6.07 Å². The molecule has 0 aliphatic carbocycles. The van der Waals surface area contributed by atoms with Crippen molar-refractivity contribution in [3.63, 3.8) is 0 Å². The van der Waals surface area contributed by atoms with Crippen molar-refractivity contribution in [1.82, 2.24) is 4.90 Å². The molecule has 0 saturated heterocycles. The van der Waals surface area contributed by atoms with E-state index in [1.165, 1.54) is 12.8 Å². The van der Waals surface area contributed by atoms with E-state index in [9.17, 15) is 0 Å². The predicted octanol–water partition coefficient (Wildman–Crippen LogP) is 0.987. The van der Waals surface area contributed by atoms with E-state index >= 15 is 0 Å². The van der Waals surface area contributed by atoms with Crippen LogP contribution >= 0.6 is 0 Å². The molecule has 1 rings (SSSR count). The predicted molar refractivity (Wildman–Crippen MR) is 72.1 cm³/mol. The Kier molecular flexibility index (Phi) is 5.68. The van der Waals surface area contributed by atoms with Crippen molar-refractivity contribution in [3.05, 3.63) is 29.8 Å². The van der Waals surface area contributed by atoms with E-state index < -0.39 is 7.12 Å². The fourth-order valence-corrected chi connectivity index (χ4v) is 1.93. The molecular formula is C13H22BNO2. The molecule has 1 atom stereocenters. The van der Waals surface area contributed by atoms with Crippen molar-refractivity contribution in [3.8, 4) is 0 Å². The molecule has 17 heavy (non-hydrogen) atoms. The molecule has 1 aromatic carbocycles. The highest BCUT2D eigenvalue weighted by molar-refractivity contribution is 6.58. The highest BCUT2D eigenvalue weighted by Crippen LogP contribution is 2.09. The summed E-state index contributed by atoms with van der Waals surface area (Å²) in [6.45, 7) is 5.24. The molecule has 0 amide bonds. The zero-order chi connectivity index (χ0) is 12.8. The molecule has 94 valence electrons. The number of rotatable bonds is 6. The summed E-state index contributed by atoms with van der Waals surface area (Å²) in [5, 5.41) is 18.2. The lowest BCUT2D eigenvalue weighted by atomic mass is 9.79. The normalized spacial score (nSPS) is 12.8. The molecule has 3 nitrogen and oxygen atoms in total. The molecule has 0 saturated carbocycles. The quantitative estimate of drug-likeness (QED) is 0.722. The van der Waals surface area contributed by atoms with Crippen LogP contribution in [0.5, 0.6) is 0 Å². The Balaban J connectivity index is 2.64. The van der Waals surface area contributed by atoms with E-state index in [0.717, 1.165) is 12.1 Å². The lowest BCUT2D eigenvalue weighted by Gasteiger charge is -2.24. The van der Waals surface area contributed by atoms with Gasteiger partial charge in [-0.05, 0) is 31.4 Å². The van der Waals surface area contributed by atoms with Crippen LogP contribution in [0.25, 0.3) is 0 Å². The van der Waals surface area contributed by atoms with Crippen molar-refractivity contribution in [2.45, 2.75) is 39.3 Å². The minimum Gasteiger partial charge on any atom is -0.423 e. The summed E-state index contributed by atoms with van der Waals surface area (Å²) in [7, 11) is 0.718. The Hall–Kier alpha value is -0.835. The summed E-state index contributed by atoms with van der Waals surface area (Å²) in [4.78, 5) is 2.28. The summed E-state index contributed by atoms with van der Waals surface area (Å²) in [5.41, 5.74) is 1.67. The van der Waals surface area contributed by atoms with Gasteiger partial charge in [0.1, 0.15) is 0 Å². The average Bonchev–Trinajstić information content (AvgIpc) is 2.29. The molecule has 0 aliphatic rings. The van der Waals surface area contributed by atoms with Gasteiger partial charge in [0.15, 0.2) is 0 Å². The minimum absolute atomic E-state index is 0.544. The lowest BCUT2D eigenvalue weighted by Crippen LogP contribution is -2.32. The molecule has 0 heterocycles. The van der Waals surface area contributed by atoms with Crippen LogP contribution in [0.15, 0.2) is 24.3 Å². The van der Waals surface area contributed by atoms with E-state index in [1.807, 2.05) is 18.2 Å². The maximum atomic E-state index is 9.12. The van der Waals surface area contributed by atoms with Crippen LogP contribution in [0.4, 0.5) is 0 Å². The van der Waals surface area contributed by atoms with Crippen molar-refractivity contribution < 1.29 is 10.0 Å². The molecule has 0 aromatic heterocycles. The Morgan fingerprint density at radius 3 is 2.65 bits per heavy atom. The van der Waals surface area contributed by atoms with Gasteiger partial charge in [0.2, 0.25) is 0 Å². The third kappa shape index (κ3) is 4.50. The first-order chi connectivity index (χ1) is 8.04. The smallest absolute Gasteiger partial charge is 0.423 e. The second-order valence-corrected chi connectivity index (χ2v) is 4.67. The van der Waals surface area contributed by atoms with Gasteiger partial charge in [0.05, 0.1) is 0 Å². The third-order valence-electron chi connectivity index (χ3n) is 3.14. The standard InChI is InChI=1S/C13H22BNO2/c1-4-6-11(2)15(3)10-12-7-5-8-13(9-12)14(16)17/h5,7-9,11,16-17H,4,6,10H2,1-3H3. The van der Waals surface area contributed by atoms with Crippen LogP contribution in [-0.2, 0) is 6.54 Å². The van der Waals surface area contributed by atoms with E-state index in [4.69, 9.17) is 10.0 Å². The van der Waals surface area contributed by atoms with Crippen molar-refractivity contribution in [2.24, 2.45) is 0 Å². The maximum absolute atomic E-state index is 9.12. The maximum Gasteiger partial charge on any atom is 0.488 e. The zero-order valence-electron chi connectivity index (χ0n) is 10.9. The third-order valence-corrected chi connectivity index (χ3v) is 3.14. The molecule has 0 aliphatic heterocycles. The van der Waals surface area contributed by atoms with Crippen LogP contribution < -0.4 is 5.46 Å². The largest absolute Gasteiger partial charge is 0.488 e. The van der Waals surface area contributed by atoms with Crippen LogP contribution in [-0.4, -0.2) is 35.2 Å². The fourth-order valence-electron chi connectivity index (χ4n) is 1.93. The summed E-state index contributed by atoms with van der Waals surface area (Å²) < 4.78 is 0. The topological polar surface area (TPSA) is 43.7 Å². The van der Waals surface area contributed by atoms with Gasteiger partial charge in [-0.15, -0.1) is 0 Å². The Morgan fingerprint density at radius 2 is 2.06 bits per heavy atom. The van der Waals surface area contributed by atoms with E-state index in [2.05, 4.69) is 25.8 Å². The summed E-state index contributed by atoms with van der Waals surface area (Å²) in [5.74, 6) is 0. The van der Waals surface area contributed by atoms with Gasteiger partial charge < -0.3 is 10.0 Å². The van der Waals surface area contributed by atoms with Gasteiger partial charge in [-0.3, -0.25) is 4.90 Å². The van der Waals surface area contributed by atoms with Gasteiger partial charge in [-0.2, -0.15) is 0 Å². The first kappa shape index (κ1) is 14.2. The van der Waals surface area contributed by atoms with Gasteiger partial charge in [-0.25, -0.2) is 0 Å². The highest BCUT2D eigenvalue weighted by atomic mass is 16.4. The molecule has 4 heteroatoms. The first-order valence-electron chi connectivity index (χ1n) is 6.19. The van der Waals surface area contributed by atoms with Crippen LogP contribution in [0, 0.1) is 0 Å². The molecule has 0 fully saturated rings. The lowest BCUT2D eigenvalue weighted by molar-refractivity contribution is 0.237. The molecule has 0 spiro atoms. The molecular weight excluding hydrogens is 213 g/mol. The molecule has 1 unspecified atom stereocenters. The molecule has 1 aromatic rings. The minimum atomic E-state index is -1.38. The number of nitrogens with zero attached hydrogens (tertiary/aromatic N) is 1. The Bertz CT molecular complexity index is 344. The number of hydrogen-bond donors (Lipinski definition) is 2. The zero-order valence-corrected chi connectivity index (χ0v) is 10.9. The van der Waals surface area contributed by atoms with Gasteiger partial charge >= 0.3 is 7.12 Å². The van der Waals surface area contributed by atoms with Gasteiger partial charge in [-0.1, -0.05) is 37.6 Å². The van der Waals surface area contributed by atoms with E-state index in [0.29, 0.717) is 11.5 Å². The highest BCUT2D eigenvalue weighted by Gasteiger charge is 2.12. The number of hydrogen-bond acceptors (Lipinski definition) is 3. The number of benzene rings is 1. The monoisotopic (exact) mass is 235 g/mol. The Labute approximate surface area is 104 Å². The summed E-state index contributed by atoms with van der Waals surface area (Å²) >= 11 is 0. The van der Waals surface area contributed by atoms with E-state index in [-0.39, 0.29) is 0 Å².